The van der Waals surface area contributed by atoms with E-state index in [1.807, 2.05) is 0 Å². The molecule has 4 aromatic rings. The fraction of sp³-hybridized carbons (Fsp3) is 0.607. The topological polar surface area (TPSA) is 52.0 Å². The molecule has 1 saturated carbocycles. The molecule has 1 aliphatic carbocycles. The van der Waals surface area contributed by atoms with Crippen LogP contribution in [0, 0.1) is 11.8 Å². The van der Waals surface area contributed by atoms with Gasteiger partial charge in [-0.3, -0.25) is 0 Å². The molecule has 5 rings (SSSR count). The lowest BCUT2D eigenvalue weighted by Gasteiger charge is -2.32. The maximum Gasteiger partial charge on any atom is 0.0314 e. The molecule has 0 radical (unpaired) electrons. The Morgan fingerprint density at radius 1 is 0.333 bits per heavy atom. The van der Waals surface area contributed by atoms with Gasteiger partial charge in [-0.2, -0.15) is 0 Å². The maximum atomic E-state index is 6.20. The molecular formula is C61H92N2. The molecule has 63 heavy (non-hydrogen) atoms. The average molecular weight is 853 g/mol. The van der Waals surface area contributed by atoms with Gasteiger partial charge in [0, 0.05) is 29.1 Å². The van der Waals surface area contributed by atoms with Crippen molar-refractivity contribution in [2.24, 2.45) is 11.8 Å². The van der Waals surface area contributed by atoms with Gasteiger partial charge in [0.05, 0.1) is 0 Å². The molecule has 0 spiro atoms. The Balaban J connectivity index is 1.40. The molecule has 0 aromatic heterocycles. The largest absolute Gasteiger partial charge is 0.399 e. The van der Waals surface area contributed by atoms with E-state index in [0.717, 1.165) is 23.2 Å². The van der Waals surface area contributed by atoms with Crippen LogP contribution in [0.25, 0.3) is 0 Å². The number of hydrogen-bond acceptors (Lipinski definition) is 2. The third-order valence-electron chi connectivity index (χ3n) is 15.2. The lowest BCUT2D eigenvalue weighted by molar-refractivity contribution is 0.214. The summed E-state index contributed by atoms with van der Waals surface area (Å²) < 4.78 is 0. The minimum Gasteiger partial charge on any atom is -0.399 e. The van der Waals surface area contributed by atoms with E-state index in [9.17, 15) is 0 Å². The van der Waals surface area contributed by atoms with Crippen molar-refractivity contribution in [3.8, 4) is 0 Å². The third kappa shape index (κ3) is 17.8. The lowest BCUT2D eigenvalue weighted by Crippen LogP contribution is -2.19. The number of hydrogen-bond donors (Lipinski definition) is 2. The summed E-state index contributed by atoms with van der Waals surface area (Å²) in [5, 5.41) is 0. The van der Waals surface area contributed by atoms with Crippen LogP contribution in [0.2, 0.25) is 0 Å². The van der Waals surface area contributed by atoms with Crippen LogP contribution in [0.1, 0.15) is 258 Å². The van der Waals surface area contributed by atoms with Crippen LogP contribution < -0.4 is 11.5 Å². The summed E-state index contributed by atoms with van der Waals surface area (Å²) in [4.78, 5) is 0. The van der Waals surface area contributed by atoms with Crippen molar-refractivity contribution < 1.29 is 0 Å². The van der Waals surface area contributed by atoms with Gasteiger partial charge in [-0.15, -0.1) is 0 Å². The SMILES string of the molecule is CCCCCCCCCC(c1ccc(N)cc1)c1ccc(C(CCC(CCCCCCC)C2CCCCC2)c2ccc(C(CCCCCCCCC)c3ccc(N)cc3)cc2)cc1. The van der Waals surface area contributed by atoms with E-state index in [-0.39, 0.29) is 0 Å². The van der Waals surface area contributed by atoms with Crippen molar-refractivity contribution in [3.63, 3.8) is 0 Å². The van der Waals surface area contributed by atoms with Crippen molar-refractivity contribution in [1.82, 2.24) is 0 Å². The number of benzene rings is 4. The number of unbranched alkanes of at least 4 members (excludes halogenated alkanes) is 16. The summed E-state index contributed by atoms with van der Waals surface area (Å²) in [6.45, 7) is 6.96. The molecule has 0 aliphatic heterocycles. The van der Waals surface area contributed by atoms with Crippen molar-refractivity contribution in [1.29, 1.82) is 0 Å². The first-order valence-electron chi connectivity index (χ1n) is 26.9. The zero-order valence-electron chi connectivity index (χ0n) is 40.8. The molecular weight excluding hydrogens is 761 g/mol. The zero-order valence-corrected chi connectivity index (χ0v) is 40.8. The van der Waals surface area contributed by atoms with Gasteiger partial charge in [-0.1, -0.05) is 254 Å². The Labute approximate surface area is 388 Å². The Hall–Kier alpha value is -3.52. The predicted octanol–water partition coefficient (Wildman–Crippen LogP) is 18.9. The van der Waals surface area contributed by atoms with Gasteiger partial charge in [-0.05, 0) is 95.2 Å². The predicted molar refractivity (Wildman–Crippen MR) is 278 cm³/mol. The van der Waals surface area contributed by atoms with Crippen molar-refractivity contribution in [2.75, 3.05) is 11.5 Å². The maximum absolute atomic E-state index is 6.20. The zero-order chi connectivity index (χ0) is 44.3. The second-order valence-electron chi connectivity index (χ2n) is 20.1. The molecule has 1 aliphatic rings. The standard InChI is InChI=1S/C61H92N2/c1-4-7-10-13-15-18-24-29-59(55-39-44-57(62)45-40-55)51-31-35-53(36-32-51)61(48-43-50(28-21-17-12-9-6-3)49-26-22-20-23-27-49)54-37-33-52(34-38-54)60(56-41-46-58(63)47-42-56)30-25-19-16-14-11-8-5-2/h31-42,44-47,49-50,59-61H,4-30,43,48,62-63H2,1-3H3. The summed E-state index contributed by atoms with van der Waals surface area (Å²) in [7, 11) is 0. The van der Waals surface area contributed by atoms with Crippen LogP contribution in [0.4, 0.5) is 11.4 Å². The Morgan fingerprint density at radius 3 is 0.968 bits per heavy atom. The molecule has 4 N–H and O–H groups in total. The molecule has 0 bridgehead atoms. The van der Waals surface area contributed by atoms with Crippen LogP contribution in [-0.4, -0.2) is 0 Å². The second-order valence-corrected chi connectivity index (χ2v) is 20.1. The molecule has 0 heterocycles. The number of anilines is 2. The lowest BCUT2D eigenvalue weighted by atomic mass is 9.73. The van der Waals surface area contributed by atoms with E-state index in [0.29, 0.717) is 17.8 Å². The highest BCUT2D eigenvalue weighted by Crippen LogP contribution is 2.41. The van der Waals surface area contributed by atoms with Crippen molar-refractivity contribution >= 4 is 11.4 Å². The summed E-state index contributed by atoms with van der Waals surface area (Å²) in [5.74, 6) is 2.96. The van der Waals surface area contributed by atoms with Crippen LogP contribution in [0.5, 0.6) is 0 Å². The number of rotatable bonds is 32. The quantitative estimate of drug-likeness (QED) is 0.0380. The Kier molecular flexibility index (Phi) is 23.9. The molecule has 0 saturated heterocycles. The van der Waals surface area contributed by atoms with Crippen LogP contribution in [0.15, 0.2) is 97.1 Å². The minimum atomic E-state index is 0.399. The van der Waals surface area contributed by atoms with E-state index in [2.05, 4.69) is 118 Å². The molecule has 3 atom stereocenters. The molecule has 0 amide bonds. The highest BCUT2D eigenvalue weighted by atomic mass is 14.5. The Bertz CT molecular complexity index is 1610. The summed E-state index contributed by atoms with van der Waals surface area (Å²) in [5.41, 5.74) is 22.8. The van der Waals surface area contributed by atoms with E-state index >= 15 is 0 Å². The normalized spacial score (nSPS) is 15.3. The molecule has 346 valence electrons. The third-order valence-corrected chi connectivity index (χ3v) is 15.2. The summed E-state index contributed by atoms with van der Waals surface area (Å²) in [6.07, 6.45) is 39.3. The van der Waals surface area contributed by atoms with Crippen LogP contribution in [-0.2, 0) is 0 Å². The first-order valence-corrected chi connectivity index (χ1v) is 26.9. The van der Waals surface area contributed by atoms with Crippen molar-refractivity contribution in [2.45, 2.75) is 225 Å². The molecule has 3 unspecified atom stereocenters. The molecule has 2 nitrogen and oxygen atoms in total. The smallest absolute Gasteiger partial charge is 0.0314 e. The first-order chi connectivity index (χ1) is 31.0. The van der Waals surface area contributed by atoms with Gasteiger partial charge in [0.25, 0.3) is 0 Å². The minimum absolute atomic E-state index is 0.399. The highest BCUT2D eigenvalue weighted by molar-refractivity contribution is 5.45. The second kappa shape index (κ2) is 29.8. The molecule has 4 aromatic carbocycles. The van der Waals surface area contributed by atoms with E-state index in [4.69, 9.17) is 11.5 Å². The molecule has 2 heteroatoms. The average Bonchev–Trinajstić information content (AvgIpc) is 3.32. The van der Waals surface area contributed by atoms with Gasteiger partial charge >= 0.3 is 0 Å². The fourth-order valence-corrected chi connectivity index (χ4v) is 11.2. The van der Waals surface area contributed by atoms with Gasteiger partial charge in [0.15, 0.2) is 0 Å². The molecule has 1 fully saturated rings. The van der Waals surface area contributed by atoms with E-state index in [1.54, 1.807) is 0 Å². The van der Waals surface area contributed by atoms with Crippen molar-refractivity contribution in [3.05, 3.63) is 130 Å². The van der Waals surface area contributed by atoms with Gasteiger partial charge in [0.1, 0.15) is 0 Å². The van der Waals surface area contributed by atoms with Gasteiger partial charge < -0.3 is 11.5 Å². The summed E-state index contributed by atoms with van der Waals surface area (Å²) >= 11 is 0. The number of nitrogens with two attached hydrogens (primary N) is 2. The van der Waals surface area contributed by atoms with Crippen LogP contribution >= 0.6 is 0 Å². The summed E-state index contributed by atoms with van der Waals surface area (Å²) in [6, 6.07) is 37.5. The first kappa shape index (κ1) is 50.5. The van der Waals surface area contributed by atoms with Crippen LogP contribution in [0.3, 0.4) is 0 Å². The van der Waals surface area contributed by atoms with E-state index in [1.165, 1.54) is 220 Å². The Morgan fingerprint density at radius 2 is 0.619 bits per heavy atom. The van der Waals surface area contributed by atoms with Gasteiger partial charge in [0.2, 0.25) is 0 Å². The highest BCUT2D eigenvalue weighted by Gasteiger charge is 2.26. The number of nitrogen functional groups attached to an aromatic ring is 2. The van der Waals surface area contributed by atoms with E-state index < -0.39 is 0 Å². The monoisotopic (exact) mass is 853 g/mol. The van der Waals surface area contributed by atoms with Gasteiger partial charge in [-0.25, -0.2) is 0 Å². The fourth-order valence-electron chi connectivity index (χ4n) is 11.2.